The summed E-state index contributed by atoms with van der Waals surface area (Å²) in [6.45, 7) is 6.89. The third kappa shape index (κ3) is 4.53. The molecule has 0 bridgehead atoms. The third-order valence-corrected chi connectivity index (χ3v) is 1.58. The number of ether oxygens (including phenoxy) is 1. The second-order valence-corrected chi connectivity index (χ2v) is 4.03. The minimum absolute atomic E-state index is 0.106. The summed E-state index contributed by atoms with van der Waals surface area (Å²) in [5.74, 6) is 0.902. The molecule has 1 aromatic rings. The van der Waals surface area contributed by atoms with Crippen LogP contribution in [0.15, 0.2) is 30.3 Å². The largest absolute Gasteiger partial charge is 0.478 e. The standard InChI is InChI=1S/C11H17NO/c1-11(2,3)12-9-13-10-7-5-4-6-8-10/h4-8,12H,9H2,1-3H3. The van der Waals surface area contributed by atoms with Crippen molar-refractivity contribution in [2.24, 2.45) is 0 Å². The molecule has 2 nitrogen and oxygen atoms in total. The number of hydrogen-bond donors (Lipinski definition) is 1. The number of hydrogen-bond acceptors (Lipinski definition) is 2. The van der Waals surface area contributed by atoms with Crippen molar-refractivity contribution in [3.05, 3.63) is 30.3 Å². The molecule has 0 atom stereocenters. The maximum absolute atomic E-state index is 5.47. The van der Waals surface area contributed by atoms with Crippen LogP contribution in [0, 0.1) is 0 Å². The smallest absolute Gasteiger partial charge is 0.139 e. The predicted molar refractivity (Wildman–Crippen MR) is 54.8 cm³/mol. The maximum atomic E-state index is 5.47. The van der Waals surface area contributed by atoms with Gasteiger partial charge >= 0.3 is 0 Å². The van der Waals surface area contributed by atoms with Crippen molar-refractivity contribution < 1.29 is 4.74 Å². The Morgan fingerprint density at radius 2 is 1.77 bits per heavy atom. The summed E-state index contributed by atoms with van der Waals surface area (Å²) >= 11 is 0. The van der Waals surface area contributed by atoms with Gasteiger partial charge in [0.1, 0.15) is 12.5 Å². The quantitative estimate of drug-likeness (QED) is 0.719. The van der Waals surface area contributed by atoms with Gasteiger partial charge in [0.15, 0.2) is 0 Å². The molecule has 72 valence electrons. The molecule has 0 amide bonds. The van der Waals surface area contributed by atoms with Gasteiger partial charge in [0.05, 0.1) is 0 Å². The van der Waals surface area contributed by atoms with Crippen LogP contribution >= 0.6 is 0 Å². The van der Waals surface area contributed by atoms with E-state index in [1.54, 1.807) is 0 Å². The minimum Gasteiger partial charge on any atom is -0.478 e. The molecule has 0 aliphatic carbocycles. The van der Waals surface area contributed by atoms with E-state index < -0.39 is 0 Å². The Hall–Kier alpha value is -1.02. The van der Waals surface area contributed by atoms with Gasteiger partial charge in [-0.15, -0.1) is 0 Å². The summed E-state index contributed by atoms with van der Waals surface area (Å²) in [6, 6.07) is 9.80. The number of nitrogens with one attached hydrogen (secondary N) is 1. The van der Waals surface area contributed by atoms with E-state index in [0.29, 0.717) is 6.73 Å². The molecule has 0 aliphatic heterocycles. The Morgan fingerprint density at radius 1 is 1.15 bits per heavy atom. The van der Waals surface area contributed by atoms with Gasteiger partial charge in [-0.1, -0.05) is 18.2 Å². The minimum atomic E-state index is 0.106. The van der Waals surface area contributed by atoms with Crippen molar-refractivity contribution in [1.82, 2.24) is 5.32 Å². The number of rotatable bonds is 3. The first-order chi connectivity index (χ1) is 6.08. The highest BCUT2D eigenvalue weighted by molar-refractivity contribution is 5.20. The molecule has 0 radical (unpaired) electrons. The lowest BCUT2D eigenvalue weighted by Gasteiger charge is -2.20. The van der Waals surface area contributed by atoms with E-state index in [-0.39, 0.29) is 5.54 Å². The second kappa shape index (κ2) is 4.28. The normalized spacial score (nSPS) is 11.3. The van der Waals surface area contributed by atoms with E-state index in [1.807, 2.05) is 30.3 Å². The summed E-state index contributed by atoms with van der Waals surface area (Å²) in [7, 11) is 0. The van der Waals surface area contributed by atoms with Gasteiger partial charge in [0.2, 0.25) is 0 Å². The predicted octanol–water partition coefficient (Wildman–Crippen LogP) is 2.41. The van der Waals surface area contributed by atoms with Crippen molar-refractivity contribution in [1.29, 1.82) is 0 Å². The van der Waals surface area contributed by atoms with Crippen LogP contribution in [-0.4, -0.2) is 12.3 Å². The van der Waals surface area contributed by atoms with Gasteiger partial charge in [0.25, 0.3) is 0 Å². The number of para-hydroxylation sites is 1. The van der Waals surface area contributed by atoms with Gasteiger partial charge in [-0.25, -0.2) is 0 Å². The Labute approximate surface area is 79.9 Å². The van der Waals surface area contributed by atoms with Crippen LogP contribution in [0.2, 0.25) is 0 Å². The molecule has 1 rings (SSSR count). The Kier molecular flexibility index (Phi) is 3.32. The monoisotopic (exact) mass is 179 g/mol. The van der Waals surface area contributed by atoms with Crippen LogP contribution in [0.1, 0.15) is 20.8 Å². The second-order valence-electron chi connectivity index (χ2n) is 4.03. The summed E-state index contributed by atoms with van der Waals surface area (Å²) in [4.78, 5) is 0. The fraction of sp³-hybridized carbons (Fsp3) is 0.455. The average Bonchev–Trinajstić information content (AvgIpc) is 2.04. The van der Waals surface area contributed by atoms with Crippen LogP contribution in [-0.2, 0) is 0 Å². The first-order valence-electron chi connectivity index (χ1n) is 4.51. The van der Waals surface area contributed by atoms with E-state index in [9.17, 15) is 0 Å². The fourth-order valence-electron chi connectivity index (χ4n) is 0.853. The lowest BCUT2D eigenvalue weighted by Crippen LogP contribution is -2.38. The molecule has 0 spiro atoms. The van der Waals surface area contributed by atoms with Crippen LogP contribution in [0.3, 0.4) is 0 Å². The lowest BCUT2D eigenvalue weighted by atomic mass is 10.1. The highest BCUT2D eigenvalue weighted by Gasteiger charge is 2.07. The van der Waals surface area contributed by atoms with Crippen molar-refractivity contribution >= 4 is 0 Å². The Balaban J connectivity index is 2.29. The molecule has 0 aromatic heterocycles. The zero-order chi connectivity index (χ0) is 9.73. The van der Waals surface area contributed by atoms with Crippen molar-refractivity contribution in [3.63, 3.8) is 0 Å². The van der Waals surface area contributed by atoms with Crippen molar-refractivity contribution in [2.45, 2.75) is 26.3 Å². The van der Waals surface area contributed by atoms with E-state index in [1.165, 1.54) is 0 Å². The number of benzene rings is 1. The Bertz CT molecular complexity index is 238. The zero-order valence-corrected chi connectivity index (χ0v) is 8.50. The Morgan fingerprint density at radius 3 is 2.31 bits per heavy atom. The van der Waals surface area contributed by atoms with Crippen molar-refractivity contribution in [2.75, 3.05) is 6.73 Å². The molecule has 0 saturated heterocycles. The SMILES string of the molecule is CC(C)(C)NCOc1ccccc1. The average molecular weight is 179 g/mol. The molecule has 2 heteroatoms. The van der Waals surface area contributed by atoms with Gasteiger partial charge in [-0.3, -0.25) is 5.32 Å². The highest BCUT2D eigenvalue weighted by Crippen LogP contribution is 2.08. The highest BCUT2D eigenvalue weighted by atomic mass is 16.5. The summed E-state index contributed by atoms with van der Waals surface area (Å²) in [6.07, 6.45) is 0. The fourth-order valence-corrected chi connectivity index (χ4v) is 0.853. The van der Waals surface area contributed by atoms with Gasteiger partial charge in [-0.2, -0.15) is 0 Å². The van der Waals surface area contributed by atoms with Gasteiger partial charge < -0.3 is 4.74 Å². The van der Waals surface area contributed by atoms with E-state index in [0.717, 1.165) is 5.75 Å². The van der Waals surface area contributed by atoms with Crippen LogP contribution in [0.4, 0.5) is 0 Å². The molecule has 0 heterocycles. The first-order valence-corrected chi connectivity index (χ1v) is 4.51. The molecular formula is C11H17NO. The molecule has 0 unspecified atom stereocenters. The van der Waals surface area contributed by atoms with E-state index in [2.05, 4.69) is 26.1 Å². The lowest BCUT2D eigenvalue weighted by molar-refractivity contribution is 0.238. The summed E-state index contributed by atoms with van der Waals surface area (Å²) in [5, 5.41) is 3.25. The third-order valence-electron chi connectivity index (χ3n) is 1.58. The van der Waals surface area contributed by atoms with E-state index >= 15 is 0 Å². The van der Waals surface area contributed by atoms with E-state index in [4.69, 9.17) is 4.74 Å². The van der Waals surface area contributed by atoms with Crippen LogP contribution in [0.5, 0.6) is 5.75 Å². The molecule has 1 aromatic carbocycles. The first kappa shape index (κ1) is 10.1. The van der Waals surface area contributed by atoms with Gasteiger partial charge in [-0.05, 0) is 32.9 Å². The van der Waals surface area contributed by atoms with Crippen molar-refractivity contribution in [3.8, 4) is 5.75 Å². The van der Waals surface area contributed by atoms with Crippen LogP contribution < -0.4 is 10.1 Å². The summed E-state index contributed by atoms with van der Waals surface area (Å²) in [5.41, 5.74) is 0.106. The summed E-state index contributed by atoms with van der Waals surface area (Å²) < 4.78 is 5.47. The zero-order valence-electron chi connectivity index (χ0n) is 8.50. The molecule has 13 heavy (non-hydrogen) atoms. The molecule has 0 fully saturated rings. The maximum Gasteiger partial charge on any atom is 0.139 e. The molecule has 0 saturated carbocycles. The molecular weight excluding hydrogens is 162 g/mol. The molecule has 1 N–H and O–H groups in total. The van der Waals surface area contributed by atoms with Gasteiger partial charge in [0, 0.05) is 5.54 Å². The van der Waals surface area contributed by atoms with Crippen LogP contribution in [0.25, 0.3) is 0 Å². The molecule has 0 aliphatic rings. The topological polar surface area (TPSA) is 21.3 Å².